The molecule has 4 heteroatoms. The maximum absolute atomic E-state index is 12.2. The van der Waals surface area contributed by atoms with Crippen molar-refractivity contribution in [2.24, 2.45) is 0 Å². The number of carbonyl (C=O) groups is 1. The molecule has 1 N–H and O–H groups in total. The summed E-state index contributed by atoms with van der Waals surface area (Å²) in [6.45, 7) is 4.40. The van der Waals surface area contributed by atoms with E-state index in [1.165, 1.54) is 22.3 Å². The van der Waals surface area contributed by atoms with Crippen LogP contribution in [-0.4, -0.2) is 23.6 Å². The molecule has 0 saturated heterocycles. The molecule has 0 spiro atoms. The summed E-state index contributed by atoms with van der Waals surface area (Å²) in [7, 11) is 0. The Balaban J connectivity index is 1.75. The van der Waals surface area contributed by atoms with E-state index in [9.17, 15) is 4.79 Å². The molecule has 24 heavy (non-hydrogen) atoms. The average Bonchev–Trinajstić information content (AvgIpc) is 2.94. The molecule has 126 valence electrons. The Bertz CT molecular complexity index is 694. The number of hydrogen-bond donors (Lipinski definition) is 1. The minimum absolute atomic E-state index is 0.0972. The maximum atomic E-state index is 12.2. The van der Waals surface area contributed by atoms with Gasteiger partial charge in [0.25, 0.3) is 0 Å². The minimum atomic E-state index is -0.360. The third kappa shape index (κ3) is 3.20. The Hall–Kier alpha value is -1.81. The number of benzene rings is 2. The Morgan fingerprint density at radius 2 is 1.67 bits per heavy atom. The smallest absolute Gasteiger partial charge is 0.407 e. The molecular formula is C20H22BrNO2. The van der Waals surface area contributed by atoms with E-state index >= 15 is 0 Å². The number of nitrogens with one attached hydrogen (secondary N) is 1. The van der Waals surface area contributed by atoms with Gasteiger partial charge in [0.05, 0.1) is 0 Å². The van der Waals surface area contributed by atoms with Gasteiger partial charge >= 0.3 is 6.09 Å². The summed E-state index contributed by atoms with van der Waals surface area (Å²) in [5.74, 6) is 0.0972. The van der Waals surface area contributed by atoms with E-state index in [4.69, 9.17) is 4.74 Å². The fourth-order valence-electron chi connectivity index (χ4n) is 3.10. The molecule has 1 aliphatic rings. The van der Waals surface area contributed by atoms with Crippen molar-refractivity contribution in [1.29, 1.82) is 0 Å². The van der Waals surface area contributed by atoms with Crippen LogP contribution in [0.5, 0.6) is 0 Å². The third-order valence-corrected chi connectivity index (χ3v) is 6.06. The molecule has 0 bridgehead atoms. The fraction of sp³-hybridized carbons (Fsp3) is 0.350. The van der Waals surface area contributed by atoms with Gasteiger partial charge < -0.3 is 10.1 Å². The van der Waals surface area contributed by atoms with Gasteiger partial charge in [-0.25, -0.2) is 4.79 Å². The van der Waals surface area contributed by atoms with Gasteiger partial charge in [-0.2, -0.15) is 0 Å². The van der Waals surface area contributed by atoms with Crippen LogP contribution in [0.1, 0.15) is 37.3 Å². The molecule has 3 nitrogen and oxygen atoms in total. The Labute approximate surface area is 151 Å². The van der Waals surface area contributed by atoms with Gasteiger partial charge in [0, 0.05) is 16.8 Å². The summed E-state index contributed by atoms with van der Waals surface area (Å²) in [5, 5.41) is 3.65. The van der Waals surface area contributed by atoms with Crippen molar-refractivity contribution in [3.8, 4) is 11.1 Å². The third-order valence-electron chi connectivity index (χ3n) is 4.82. The highest BCUT2D eigenvalue weighted by molar-refractivity contribution is 9.09. The van der Waals surface area contributed by atoms with Gasteiger partial charge in [-0.15, -0.1) is 0 Å². The lowest BCUT2D eigenvalue weighted by atomic mass is 9.98. The molecule has 2 aromatic rings. The first-order chi connectivity index (χ1) is 11.6. The highest BCUT2D eigenvalue weighted by atomic mass is 79.9. The molecule has 1 amide bonds. The topological polar surface area (TPSA) is 38.3 Å². The number of fused-ring (bicyclic) bond motifs is 3. The number of alkyl carbamates (subject to hydrolysis) is 1. The predicted octanol–water partition coefficient (Wildman–Crippen LogP) is 5.09. The number of alkyl halides is 1. The summed E-state index contributed by atoms with van der Waals surface area (Å²) in [6.07, 6.45) is 0.475. The SMILES string of the molecule is CCC(C)(CBr)NC(=O)OCC1c2ccccc2-c2ccccc21. The highest BCUT2D eigenvalue weighted by Crippen LogP contribution is 2.44. The first kappa shape index (κ1) is 17.0. The molecule has 0 aromatic heterocycles. The van der Waals surface area contributed by atoms with Crippen LogP contribution < -0.4 is 5.32 Å². The van der Waals surface area contributed by atoms with E-state index in [2.05, 4.69) is 45.5 Å². The number of carbonyl (C=O) groups excluding carboxylic acids is 1. The van der Waals surface area contributed by atoms with E-state index in [-0.39, 0.29) is 17.6 Å². The lowest BCUT2D eigenvalue weighted by molar-refractivity contribution is 0.133. The molecule has 0 aliphatic heterocycles. The summed E-state index contributed by atoms with van der Waals surface area (Å²) in [4.78, 5) is 12.2. The van der Waals surface area contributed by atoms with Crippen LogP contribution in [-0.2, 0) is 4.74 Å². The number of hydrogen-bond acceptors (Lipinski definition) is 2. The quantitative estimate of drug-likeness (QED) is 0.725. The molecule has 0 radical (unpaired) electrons. The zero-order valence-corrected chi connectivity index (χ0v) is 15.6. The van der Waals surface area contributed by atoms with Gasteiger partial charge in [-0.05, 0) is 35.6 Å². The average molecular weight is 388 g/mol. The second-order valence-electron chi connectivity index (χ2n) is 6.50. The fourth-order valence-corrected chi connectivity index (χ4v) is 3.63. The van der Waals surface area contributed by atoms with Crippen LogP contribution >= 0.6 is 15.9 Å². The maximum Gasteiger partial charge on any atom is 0.407 e. The first-order valence-electron chi connectivity index (χ1n) is 8.27. The second-order valence-corrected chi connectivity index (χ2v) is 7.06. The van der Waals surface area contributed by atoms with Crippen molar-refractivity contribution in [3.05, 3.63) is 59.7 Å². The zero-order chi connectivity index (χ0) is 17.2. The molecule has 1 unspecified atom stereocenters. The minimum Gasteiger partial charge on any atom is -0.449 e. The molecule has 0 heterocycles. The standard InChI is InChI=1S/C20H22BrNO2/c1-3-20(2,13-21)22-19(23)24-12-18-16-10-6-4-8-14(16)15-9-5-7-11-17(15)18/h4-11,18H,3,12-13H2,1-2H3,(H,22,23). The van der Waals surface area contributed by atoms with Crippen molar-refractivity contribution in [1.82, 2.24) is 5.32 Å². The summed E-state index contributed by atoms with van der Waals surface area (Å²) in [5.41, 5.74) is 4.64. The Kier molecular flexibility index (Phi) is 4.95. The van der Waals surface area contributed by atoms with E-state index < -0.39 is 0 Å². The van der Waals surface area contributed by atoms with Crippen LogP contribution in [0.4, 0.5) is 4.79 Å². The molecule has 3 rings (SSSR count). The van der Waals surface area contributed by atoms with E-state index in [0.717, 1.165) is 6.42 Å². The van der Waals surface area contributed by atoms with Gasteiger partial charge in [-0.1, -0.05) is 71.4 Å². The zero-order valence-electron chi connectivity index (χ0n) is 14.0. The van der Waals surface area contributed by atoms with Crippen molar-refractivity contribution < 1.29 is 9.53 Å². The number of halogens is 1. The van der Waals surface area contributed by atoms with Crippen molar-refractivity contribution in [2.45, 2.75) is 31.7 Å². The van der Waals surface area contributed by atoms with Gasteiger partial charge in [0.1, 0.15) is 6.61 Å². The van der Waals surface area contributed by atoms with Crippen LogP contribution in [0.15, 0.2) is 48.5 Å². The molecule has 0 fully saturated rings. The normalized spacial score (nSPS) is 15.3. The molecular weight excluding hydrogens is 366 g/mol. The summed E-state index contributed by atoms with van der Waals surface area (Å²) in [6, 6.07) is 16.7. The summed E-state index contributed by atoms with van der Waals surface area (Å²) >= 11 is 3.45. The molecule has 1 atom stereocenters. The van der Waals surface area contributed by atoms with Crippen LogP contribution in [0, 0.1) is 0 Å². The molecule has 2 aromatic carbocycles. The summed E-state index contributed by atoms with van der Waals surface area (Å²) < 4.78 is 5.57. The van der Waals surface area contributed by atoms with Crippen LogP contribution in [0.2, 0.25) is 0 Å². The first-order valence-corrected chi connectivity index (χ1v) is 9.39. The number of ether oxygens (including phenoxy) is 1. The van der Waals surface area contributed by atoms with E-state index in [1.54, 1.807) is 0 Å². The Morgan fingerprint density at radius 1 is 1.12 bits per heavy atom. The molecule has 1 aliphatic carbocycles. The Morgan fingerprint density at radius 3 is 2.17 bits per heavy atom. The van der Waals surface area contributed by atoms with Crippen molar-refractivity contribution in [3.63, 3.8) is 0 Å². The van der Waals surface area contributed by atoms with Gasteiger partial charge in [0.2, 0.25) is 0 Å². The largest absolute Gasteiger partial charge is 0.449 e. The number of rotatable bonds is 5. The lowest BCUT2D eigenvalue weighted by Gasteiger charge is -2.27. The van der Waals surface area contributed by atoms with Crippen LogP contribution in [0.3, 0.4) is 0 Å². The molecule has 0 saturated carbocycles. The highest BCUT2D eigenvalue weighted by Gasteiger charge is 2.30. The van der Waals surface area contributed by atoms with Crippen LogP contribution in [0.25, 0.3) is 11.1 Å². The van der Waals surface area contributed by atoms with E-state index in [1.807, 2.05) is 38.1 Å². The predicted molar refractivity (Wildman–Crippen MR) is 101 cm³/mol. The monoisotopic (exact) mass is 387 g/mol. The second kappa shape index (κ2) is 6.98. The van der Waals surface area contributed by atoms with Crippen molar-refractivity contribution >= 4 is 22.0 Å². The van der Waals surface area contributed by atoms with Gasteiger partial charge in [0.15, 0.2) is 0 Å². The van der Waals surface area contributed by atoms with Crippen molar-refractivity contribution in [2.75, 3.05) is 11.9 Å². The number of amides is 1. The van der Waals surface area contributed by atoms with E-state index in [0.29, 0.717) is 11.9 Å². The lowest BCUT2D eigenvalue weighted by Crippen LogP contribution is -2.47. The van der Waals surface area contributed by atoms with Gasteiger partial charge in [-0.3, -0.25) is 0 Å².